The summed E-state index contributed by atoms with van der Waals surface area (Å²) in [7, 11) is -1.44. The molecule has 30 heavy (non-hydrogen) atoms. The Bertz CT molecular complexity index is 1030. The van der Waals surface area contributed by atoms with E-state index >= 15 is 0 Å². The third-order valence-corrected chi connectivity index (χ3v) is 8.05. The summed E-state index contributed by atoms with van der Waals surface area (Å²) in [5.41, 5.74) is 0.927. The van der Waals surface area contributed by atoms with Crippen LogP contribution in [0, 0.1) is 0 Å². The Balaban J connectivity index is 1.58. The first-order valence-electron chi connectivity index (χ1n) is 10.6. The molecule has 0 spiro atoms. The van der Waals surface area contributed by atoms with Gasteiger partial charge in [0.05, 0.1) is 30.6 Å². The van der Waals surface area contributed by atoms with Crippen molar-refractivity contribution in [3.63, 3.8) is 0 Å². The van der Waals surface area contributed by atoms with E-state index in [2.05, 4.69) is 0 Å². The molecule has 4 rings (SSSR count). The van der Waals surface area contributed by atoms with E-state index in [9.17, 15) is 13.2 Å². The van der Waals surface area contributed by atoms with Gasteiger partial charge in [0.15, 0.2) is 9.84 Å². The van der Waals surface area contributed by atoms with Crippen molar-refractivity contribution in [2.24, 2.45) is 0 Å². The van der Waals surface area contributed by atoms with Crippen molar-refractivity contribution in [3.05, 3.63) is 42.0 Å². The Labute approximate surface area is 178 Å². The van der Waals surface area contributed by atoms with Gasteiger partial charge in [-0.2, -0.15) is 0 Å². The molecule has 162 valence electrons. The molecule has 1 amide bonds. The van der Waals surface area contributed by atoms with Crippen LogP contribution in [0.5, 0.6) is 5.75 Å². The van der Waals surface area contributed by atoms with Gasteiger partial charge in [0, 0.05) is 19.2 Å². The van der Waals surface area contributed by atoms with Crippen LogP contribution in [-0.4, -0.2) is 63.1 Å². The van der Waals surface area contributed by atoms with Crippen LogP contribution >= 0.6 is 0 Å². The lowest BCUT2D eigenvalue weighted by Gasteiger charge is -2.33. The lowest BCUT2D eigenvalue weighted by molar-refractivity contribution is -0.136. The lowest BCUT2D eigenvalue weighted by atomic mass is 9.95. The first-order valence-corrected chi connectivity index (χ1v) is 12.4. The van der Waals surface area contributed by atoms with Crippen LogP contribution < -0.4 is 4.74 Å². The predicted molar refractivity (Wildman–Crippen MR) is 117 cm³/mol. The van der Waals surface area contributed by atoms with Gasteiger partial charge < -0.3 is 14.4 Å². The largest absolute Gasteiger partial charge is 0.497 e. The number of hydrogen-bond acceptors (Lipinski definition) is 5. The van der Waals surface area contributed by atoms with Crippen molar-refractivity contribution in [2.45, 2.75) is 44.2 Å². The van der Waals surface area contributed by atoms with Crippen LogP contribution in [-0.2, 0) is 19.4 Å². The molecule has 6 nitrogen and oxygen atoms in total. The topological polar surface area (TPSA) is 72.9 Å². The van der Waals surface area contributed by atoms with Crippen molar-refractivity contribution >= 4 is 26.5 Å². The minimum Gasteiger partial charge on any atom is -0.497 e. The van der Waals surface area contributed by atoms with Crippen LogP contribution in [0.4, 0.5) is 0 Å². The first-order chi connectivity index (χ1) is 14.4. The van der Waals surface area contributed by atoms with Gasteiger partial charge in [0.1, 0.15) is 5.75 Å². The van der Waals surface area contributed by atoms with Gasteiger partial charge in [-0.1, -0.05) is 24.3 Å². The highest BCUT2D eigenvalue weighted by molar-refractivity contribution is 7.91. The van der Waals surface area contributed by atoms with Crippen molar-refractivity contribution in [1.82, 2.24) is 4.90 Å². The van der Waals surface area contributed by atoms with Gasteiger partial charge >= 0.3 is 0 Å². The van der Waals surface area contributed by atoms with Crippen LogP contribution in [0.1, 0.15) is 37.7 Å². The highest BCUT2D eigenvalue weighted by Crippen LogP contribution is 2.29. The maximum absolute atomic E-state index is 13.5. The number of nitrogens with zero attached hydrogens (tertiary/aromatic N) is 1. The molecule has 0 saturated carbocycles. The Kier molecular flexibility index (Phi) is 6.02. The van der Waals surface area contributed by atoms with Gasteiger partial charge in [0.2, 0.25) is 5.91 Å². The summed E-state index contributed by atoms with van der Waals surface area (Å²) >= 11 is 0. The van der Waals surface area contributed by atoms with E-state index in [1.807, 2.05) is 43.3 Å². The highest BCUT2D eigenvalue weighted by Gasteiger charge is 2.38. The fourth-order valence-corrected chi connectivity index (χ4v) is 6.21. The molecular weight excluding hydrogens is 402 g/mol. The van der Waals surface area contributed by atoms with Crippen LogP contribution in [0.2, 0.25) is 0 Å². The molecule has 2 heterocycles. The van der Waals surface area contributed by atoms with E-state index in [-0.39, 0.29) is 35.5 Å². The predicted octanol–water partition coefficient (Wildman–Crippen LogP) is 3.15. The molecule has 2 aromatic carbocycles. The molecule has 0 radical (unpaired) electrons. The Morgan fingerprint density at radius 2 is 1.97 bits per heavy atom. The molecule has 0 N–H and O–H groups in total. The number of carbonyl (C=O) groups excluding carboxylic acids is 1. The zero-order valence-electron chi connectivity index (χ0n) is 17.5. The number of carbonyl (C=O) groups is 1. The summed E-state index contributed by atoms with van der Waals surface area (Å²) < 4.78 is 35.2. The zero-order chi connectivity index (χ0) is 21.3. The fraction of sp³-hybridized carbons (Fsp3) is 0.522. The number of sulfone groups is 1. The second kappa shape index (κ2) is 8.55. The number of hydrogen-bond donors (Lipinski definition) is 0. The van der Waals surface area contributed by atoms with Gasteiger partial charge in [-0.15, -0.1) is 0 Å². The van der Waals surface area contributed by atoms with E-state index in [0.29, 0.717) is 19.6 Å². The maximum atomic E-state index is 13.5. The van der Waals surface area contributed by atoms with Gasteiger partial charge in [-0.3, -0.25) is 4.79 Å². The van der Waals surface area contributed by atoms with Crippen molar-refractivity contribution < 1.29 is 22.7 Å². The summed E-state index contributed by atoms with van der Waals surface area (Å²) in [5, 5.41) is 2.10. The molecule has 2 fully saturated rings. The van der Waals surface area contributed by atoms with Crippen molar-refractivity contribution in [3.8, 4) is 5.75 Å². The molecule has 0 bridgehead atoms. The van der Waals surface area contributed by atoms with E-state index in [0.717, 1.165) is 34.9 Å². The molecule has 2 aromatic rings. The summed E-state index contributed by atoms with van der Waals surface area (Å²) in [6.07, 6.45) is 2.40. The standard InChI is InChI=1S/C23H29NO5S/c1-16(17-5-6-19-13-21(28-2)8-7-18(19)12-17)23(25)24(14-22-4-3-10-29-22)20-9-11-30(26,27)15-20/h5-8,12-13,16,20,22H,3-4,9-11,14-15H2,1-2H3. The molecule has 3 atom stereocenters. The third kappa shape index (κ3) is 4.47. The van der Waals surface area contributed by atoms with E-state index < -0.39 is 9.84 Å². The van der Waals surface area contributed by atoms with Gasteiger partial charge in [-0.25, -0.2) is 8.42 Å². The highest BCUT2D eigenvalue weighted by atomic mass is 32.2. The van der Waals surface area contributed by atoms with E-state index in [1.54, 1.807) is 12.0 Å². The van der Waals surface area contributed by atoms with Crippen molar-refractivity contribution in [2.75, 3.05) is 31.8 Å². The number of fused-ring (bicyclic) bond motifs is 1. The maximum Gasteiger partial charge on any atom is 0.230 e. The summed E-state index contributed by atoms with van der Waals surface area (Å²) in [5.74, 6) is 0.612. The minimum absolute atomic E-state index is 0.00600. The van der Waals surface area contributed by atoms with E-state index in [1.165, 1.54) is 0 Å². The normalized spacial score (nSPS) is 24.1. The second-order valence-corrected chi connectivity index (χ2v) is 10.6. The molecule has 2 aliphatic heterocycles. The molecule has 0 aromatic heterocycles. The number of amides is 1. The average Bonchev–Trinajstić information content (AvgIpc) is 3.39. The zero-order valence-corrected chi connectivity index (χ0v) is 18.4. The molecule has 2 aliphatic rings. The monoisotopic (exact) mass is 431 g/mol. The summed E-state index contributed by atoms with van der Waals surface area (Å²) in [4.78, 5) is 15.3. The minimum atomic E-state index is -3.08. The lowest BCUT2D eigenvalue weighted by Crippen LogP contribution is -2.46. The molecule has 3 unspecified atom stereocenters. The average molecular weight is 432 g/mol. The second-order valence-electron chi connectivity index (χ2n) is 8.38. The first kappa shape index (κ1) is 21.1. The van der Waals surface area contributed by atoms with Crippen LogP contribution in [0.25, 0.3) is 10.8 Å². The molecule has 0 aliphatic carbocycles. The Morgan fingerprint density at radius 3 is 2.63 bits per heavy atom. The molecular formula is C23H29NO5S. The van der Waals surface area contributed by atoms with Crippen molar-refractivity contribution in [1.29, 1.82) is 0 Å². The number of rotatable bonds is 6. The number of methoxy groups -OCH3 is 1. The smallest absolute Gasteiger partial charge is 0.230 e. The fourth-order valence-electron chi connectivity index (χ4n) is 4.48. The Hall–Kier alpha value is -2.12. The van der Waals surface area contributed by atoms with Gasteiger partial charge in [-0.05, 0) is 54.7 Å². The quantitative estimate of drug-likeness (QED) is 0.703. The SMILES string of the molecule is COc1ccc2cc(C(C)C(=O)N(CC3CCCO3)C3CCS(=O)(=O)C3)ccc2c1. The summed E-state index contributed by atoms with van der Waals surface area (Å²) in [6.45, 7) is 3.08. The third-order valence-electron chi connectivity index (χ3n) is 6.30. The number of benzene rings is 2. The van der Waals surface area contributed by atoms with Crippen LogP contribution in [0.3, 0.4) is 0 Å². The molecule has 2 saturated heterocycles. The summed E-state index contributed by atoms with van der Waals surface area (Å²) in [6, 6.07) is 11.6. The molecule has 7 heteroatoms. The Morgan fingerprint density at radius 1 is 1.20 bits per heavy atom. The van der Waals surface area contributed by atoms with E-state index in [4.69, 9.17) is 9.47 Å². The van der Waals surface area contributed by atoms with Crippen LogP contribution in [0.15, 0.2) is 36.4 Å². The number of ether oxygens (including phenoxy) is 2. The van der Waals surface area contributed by atoms with Gasteiger partial charge in [0.25, 0.3) is 0 Å².